The Morgan fingerprint density at radius 2 is 1.23 bits per heavy atom. The molecule has 0 spiro atoms. The van der Waals surface area contributed by atoms with Crippen LogP contribution >= 0.6 is 0 Å². The minimum Gasteiger partial charge on any atom is -0.372 e. The van der Waals surface area contributed by atoms with E-state index in [2.05, 4.69) is 102 Å². The number of rotatable bonds is 10. The van der Waals surface area contributed by atoms with Gasteiger partial charge in [-0.15, -0.1) is 0 Å². The molecule has 3 rings (SSSR count). The Morgan fingerprint density at radius 1 is 0.733 bits per heavy atom. The monoisotopic (exact) mass is 407 g/mol. The standard InChI is InChI=1S/C26H39N4/c1-5-29(6-2)25-14-10-23(11-15-25)20-27-18-9-19-28(22-27)21-24-12-16-26(17-13-24)30(7-3)8-4/h10-17,22H,5-9,18-21H2,1-4H3/q+1. The predicted octanol–water partition coefficient (Wildman–Crippen LogP) is 4.83. The van der Waals surface area contributed by atoms with Gasteiger partial charge in [0.05, 0.1) is 13.1 Å². The molecule has 0 saturated carbocycles. The predicted molar refractivity (Wildman–Crippen MR) is 130 cm³/mol. The molecule has 2 aromatic carbocycles. The minimum atomic E-state index is 0.982. The van der Waals surface area contributed by atoms with Gasteiger partial charge in [0.25, 0.3) is 0 Å². The first-order chi connectivity index (χ1) is 14.7. The molecule has 4 heteroatoms. The van der Waals surface area contributed by atoms with E-state index in [1.54, 1.807) is 0 Å². The maximum absolute atomic E-state index is 2.46. The van der Waals surface area contributed by atoms with E-state index in [0.717, 1.165) is 52.4 Å². The van der Waals surface area contributed by atoms with Crippen LogP contribution < -0.4 is 9.80 Å². The smallest absolute Gasteiger partial charge is 0.234 e. The highest BCUT2D eigenvalue weighted by atomic mass is 15.2. The highest BCUT2D eigenvalue weighted by Crippen LogP contribution is 2.18. The fourth-order valence-electron chi connectivity index (χ4n) is 4.33. The van der Waals surface area contributed by atoms with Crippen LogP contribution in [0.4, 0.5) is 11.4 Å². The lowest BCUT2D eigenvalue weighted by Crippen LogP contribution is -2.35. The van der Waals surface area contributed by atoms with Crippen molar-refractivity contribution in [1.29, 1.82) is 0 Å². The summed E-state index contributed by atoms with van der Waals surface area (Å²) in [5.41, 5.74) is 5.41. The van der Waals surface area contributed by atoms with Crippen molar-refractivity contribution in [3.05, 3.63) is 59.7 Å². The first kappa shape index (κ1) is 22.2. The average molecular weight is 408 g/mol. The third-order valence-corrected chi connectivity index (χ3v) is 6.12. The van der Waals surface area contributed by atoms with Gasteiger partial charge in [-0.05, 0) is 63.1 Å². The van der Waals surface area contributed by atoms with Crippen LogP contribution in [0.3, 0.4) is 0 Å². The Kier molecular flexibility index (Phi) is 8.18. The van der Waals surface area contributed by atoms with Gasteiger partial charge >= 0.3 is 0 Å². The van der Waals surface area contributed by atoms with Gasteiger partial charge in [-0.3, -0.25) is 9.48 Å². The van der Waals surface area contributed by atoms with Crippen LogP contribution in [0.2, 0.25) is 0 Å². The second kappa shape index (κ2) is 11.1. The molecule has 1 aliphatic rings. The minimum absolute atomic E-state index is 0.982. The molecule has 0 bridgehead atoms. The third kappa shape index (κ3) is 5.78. The molecule has 0 aromatic heterocycles. The number of hydrogen-bond donors (Lipinski definition) is 0. The quantitative estimate of drug-likeness (QED) is 0.524. The molecule has 2 aromatic rings. The first-order valence-corrected chi connectivity index (χ1v) is 11.7. The first-order valence-electron chi connectivity index (χ1n) is 11.7. The van der Waals surface area contributed by atoms with Crippen molar-refractivity contribution >= 4 is 17.7 Å². The lowest BCUT2D eigenvalue weighted by atomic mass is 10.1. The molecule has 0 unspecified atom stereocenters. The summed E-state index contributed by atoms with van der Waals surface area (Å²) in [4.78, 5) is 7.24. The topological polar surface area (TPSA) is 12.7 Å². The lowest BCUT2D eigenvalue weighted by molar-refractivity contribution is -0.549. The van der Waals surface area contributed by atoms with E-state index in [4.69, 9.17) is 0 Å². The molecule has 0 N–H and O–H groups in total. The highest BCUT2D eigenvalue weighted by molar-refractivity contribution is 5.52. The van der Waals surface area contributed by atoms with E-state index < -0.39 is 0 Å². The molecule has 162 valence electrons. The normalized spacial score (nSPS) is 13.9. The summed E-state index contributed by atoms with van der Waals surface area (Å²) in [5.74, 6) is 0. The average Bonchev–Trinajstić information content (AvgIpc) is 2.78. The van der Waals surface area contributed by atoms with Crippen molar-refractivity contribution in [2.45, 2.75) is 47.2 Å². The van der Waals surface area contributed by atoms with Crippen molar-refractivity contribution in [3.63, 3.8) is 0 Å². The van der Waals surface area contributed by atoms with Crippen molar-refractivity contribution in [2.75, 3.05) is 49.1 Å². The molecule has 4 nitrogen and oxygen atoms in total. The van der Waals surface area contributed by atoms with Crippen LogP contribution in [-0.2, 0) is 13.1 Å². The summed E-state index contributed by atoms with van der Waals surface area (Å²) in [6.07, 6.45) is 3.55. The Hall–Kier alpha value is -2.49. The molecule has 0 radical (unpaired) electrons. The Balaban J connectivity index is 1.61. The van der Waals surface area contributed by atoms with Gasteiger partial charge < -0.3 is 9.80 Å². The van der Waals surface area contributed by atoms with Crippen LogP contribution in [0.1, 0.15) is 45.2 Å². The molecule has 0 fully saturated rings. The maximum atomic E-state index is 2.46. The molecule has 0 amide bonds. The van der Waals surface area contributed by atoms with Gasteiger partial charge in [-0.2, -0.15) is 0 Å². The van der Waals surface area contributed by atoms with Crippen molar-refractivity contribution in [3.8, 4) is 0 Å². The molecule has 0 aliphatic carbocycles. The fourth-order valence-corrected chi connectivity index (χ4v) is 4.33. The summed E-state index contributed by atoms with van der Waals surface area (Å²) in [6, 6.07) is 18.2. The van der Waals surface area contributed by atoms with E-state index in [-0.39, 0.29) is 0 Å². The van der Waals surface area contributed by atoms with Gasteiger partial charge in [0.1, 0.15) is 13.1 Å². The van der Waals surface area contributed by atoms with E-state index in [1.165, 1.54) is 28.9 Å². The molecule has 0 saturated heterocycles. The molecule has 1 heterocycles. The van der Waals surface area contributed by atoms with Crippen molar-refractivity contribution in [2.24, 2.45) is 0 Å². The zero-order valence-corrected chi connectivity index (χ0v) is 19.3. The maximum Gasteiger partial charge on any atom is 0.234 e. The molecular weight excluding hydrogens is 368 g/mol. The summed E-state index contributed by atoms with van der Waals surface area (Å²) in [6.45, 7) is 17.3. The number of anilines is 2. The molecule has 0 atom stereocenters. The van der Waals surface area contributed by atoms with Gasteiger partial charge in [-0.25, -0.2) is 0 Å². The van der Waals surface area contributed by atoms with E-state index in [9.17, 15) is 0 Å². The van der Waals surface area contributed by atoms with Gasteiger partial charge in [0, 0.05) is 44.0 Å². The van der Waals surface area contributed by atoms with Gasteiger partial charge in [0.2, 0.25) is 6.34 Å². The second-order valence-corrected chi connectivity index (χ2v) is 8.09. The van der Waals surface area contributed by atoms with E-state index in [1.807, 2.05) is 0 Å². The van der Waals surface area contributed by atoms with E-state index in [0.29, 0.717) is 0 Å². The Labute approximate surface area is 183 Å². The number of hydrogen-bond acceptors (Lipinski definition) is 3. The van der Waals surface area contributed by atoms with Crippen LogP contribution in [0.15, 0.2) is 48.5 Å². The Bertz CT molecular complexity index is 787. The third-order valence-electron chi connectivity index (χ3n) is 6.12. The summed E-state index contributed by atoms with van der Waals surface area (Å²) in [5, 5.41) is 0. The largest absolute Gasteiger partial charge is 0.372 e. The zero-order valence-electron chi connectivity index (χ0n) is 19.3. The zero-order chi connectivity index (χ0) is 21.3. The molecule has 30 heavy (non-hydrogen) atoms. The van der Waals surface area contributed by atoms with Crippen molar-refractivity contribution < 1.29 is 4.58 Å². The highest BCUT2D eigenvalue weighted by Gasteiger charge is 2.17. The second-order valence-electron chi connectivity index (χ2n) is 8.09. The summed E-state index contributed by atoms with van der Waals surface area (Å²) >= 11 is 0. The van der Waals surface area contributed by atoms with Crippen LogP contribution in [0, 0.1) is 0 Å². The van der Waals surface area contributed by atoms with Crippen LogP contribution in [0.25, 0.3) is 0 Å². The van der Waals surface area contributed by atoms with Gasteiger partial charge in [-0.1, -0.05) is 24.3 Å². The van der Waals surface area contributed by atoms with Crippen LogP contribution in [-0.4, -0.2) is 55.1 Å². The van der Waals surface area contributed by atoms with Crippen molar-refractivity contribution in [1.82, 2.24) is 4.90 Å². The fraction of sp³-hybridized carbons (Fsp3) is 0.500. The SMILES string of the molecule is CCN(CC)c1ccc(CN2C=[N+](Cc3ccc(N(CC)CC)cc3)CCC2)cc1. The van der Waals surface area contributed by atoms with E-state index >= 15 is 0 Å². The lowest BCUT2D eigenvalue weighted by Gasteiger charge is -2.23. The summed E-state index contributed by atoms with van der Waals surface area (Å²) in [7, 11) is 0. The molecule has 1 aliphatic heterocycles. The number of benzene rings is 2. The molecular formula is C26H39N4+. The Morgan fingerprint density at radius 3 is 1.73 bits per heavy atom. The van der Waals surface area contributed by atoms with Crippen LogP contribution in [0.5, 0.6) is 0 Å². The number of nitrogens with zero attached hydrogens (tertiary/aromatic N) is 4. The summed E-state index contributed by atoms with van der Waals surface area (Å²) < 4.78 is 2.46. The van der Waals surface area contributed by atoms with Gasteiger partial charge in [0.15, 0.2) is 0 Å².